The zero-order chi connectivity index (χ0) is 18.0. The van der Waals surface area contributed by atoms with Gasteiger partial charge in [-0.25, -0.2) is 0 Å². The van der Waals surface area contributed by atoms with Crippen molar-refractivity contribution in [1.29, 1.82) is 0 Å². The fourth-order valence-electron chi connectivity index (χ4n) is 2.80. The van der Waals surface area contributed by atoms with Crippen molar-refractivity contribution in [2.75, 3.05) is 19.7 Å². The summed E-state index contributed by atoms with van der Waals surface area (Å²) in [5.74, 6) is 0.339. The summed E-state index contributed by atoms with van der Waals surface area (Å²) in [6.07, 6.45) is 27.0. The molecule has 1 aliphatic heterocycles. The number of piperidine rings is 1. The first-order valence-electron chi connectivity index (χ1n) is 9.83. The summed E-state index contributed by atoms with van der Waals surface area (Å²) in [6, 6.07) is 0. The molecule has 0 aromatic heterocycles. The summed E-state index contributed by atoms with van der Waals surface area (Å²) >= 11 is 0. The van der Waals surface area contributed by atoms with Gasteiger partial charge in [-0.2, -0.15) is 0 Å². The van der Waals surface area contributed by atoms with Crippen LogP contribution in [0.1, 0.15) is 64.2 Å². The monoisotopic (exact) mass is 345 g/mol. The van der Waals surface area contributed by atoms with E-state index >= 15 is 0 Å². The highest BCUT2D eigenvalue weighted by Gasteiger charge is 2.15. The van der Waals surface area contributed by atoms with Crippen molar-refractivity contribution in [3.63, 3.8) is 0 Å². The molecule has 1 N–H and O–H groups in total. The van der Waals surface area contributed by atoms with Crippen LogP contribution >= 0.6 is 0 Å². The van der Waals surface area contributed by atoms with Gasteiger partial charge in [0.1, 0.15) is 0 Å². The number of nitrogens with zero attached hydrogens (tertiary/aromatic N) is 1. The molecular weight excluding hydrogens is 310 g/mol. The molecule has 0 saturated carbocycles. The molecule has 1 saturated heterocycles. The Kier molecular flexibility index (Phi) is 13.6. The van der Waals surface area contributed by atoms with Crippen LogP contribution in [-0.2, 0) is 4.79 Å². The second kappa shape index (κ2) is 15.9. The van der Waals surface area contributed by atoms with E-state index in [1.807, 2.05) is 11.0 Å². The fraction of sp³-hybridized carbons (Fsp3) is 0.591. The lowest BCUT2D eigenvalue weighted by Gasteiger charge is -2.26. The number of carbonyl (C=O) groups excluding carboxylic acids is 1. The minimum Gasteiger partial charge on any atom is -0.396 e. The zero-order valence-corrected chi connectivity index (χ0v) is 15.6. The van der Waals surface area contributed by atoms with Crippen LogP contribution in [0.2, 0.25) is 0 Å². The van der Waals surface area contributed by atoms with Crippen molar-refractivity contribution >= 4 is 5.91 Å². The molecule has 0 aromatic rings. The molecule has 1 amide bonds. The lowest BCUT2D eigenvalue weighted by Crippen LogP contribution is -2.35. The Morgan fingerprint density at radius 3 is 1.84 bits per heavy atom. The number of rotatable bonds is 12. The fourth-order valence-corrected chi connectivity index (χ4v) is 2.80. The summed E-state index contributed by atoms with van der Waals surface area (Å²) in [7, 11) is 0. The van der Waals surface area contributed by atoms with Gasteiger partial charge in [0.05, 0.1) is 0 Å². The first kappa shape index (κ1) is 21.4. The number of hydrogen-bond donors (Lipinski definition) is 1. The maximum atomic E-state index is 12.0. The van der Waals surface area contributed by atoms with Gasteiger partial charge in [-0.3, -0.25) is 4.79 Å². The molecule has 0 aromatic carbocycles. The largest absolute Gasteiger partial charge is 0.396 e. The van der Waals surface area contributed by atoms with Gasteiger partial charge < -0.3 is 10.0 Å². The zero-order valence-electron chi connectivity index (χ0n) is 15.6. The van der Waals surface area contributed by atoms with E-state index in [4.69, 9.17) is 5.11 Å². The van der Waals surface area contributed by atoms with E-state index < -0.39 is 0 Å². The lowest BCUT2D eigenvalue weighted by molar-refractivity contribution is -0.132. The molecule has 1 rings (SSSR count). The highest BCUT2D eigenvalue weighted by molar-refractivity contribution is 5.76. The van der Waals surface area contributed by atoms with Crippen LogP contribution in [0, 0.1) is 0 Å². The molecular formula is C22H35NO2. The van der Waals surface area contributed by atoms with Crippen LogP contribution in [0.25, 0.3) is 0 Å². The van der Waals surface area contributed by atoms with E-state index in [-0.39, 0.29) is 6.61 Å². The van der Waals surface area contributed by atoms with Gasteiger partial charge in [-0.1, -0.05) is 48.6 Å². The Balaban J connectivity index is 1.95. The minimum absolute atomic E-state index is 0.227. The first-order chi connectivity index (χ1) is 12.3. The number of amides is 1. The van der Waals surface area contributed by atoms with Crippen molar-refractivity contribution in [2.24, 2.45) is 0 Å². The first-order valence-corrected chi connectivity index (χ1v) is 9.83. The van der Waals surface area contributed by atoms with Crippen molar-refractivity contribution in [1.82, 2.24) is 4.90 Å². The van der Waals surface area contributed by atoms with Gasteiger partial charge in [0, 0.05) is 26.1 Å². The molecule has 3 heteroatoms. The average molecular weight is 346 g/mol. The normalized spacial score (nSPS) is 16.1. The second-order valence-electron chi connectivity index (χ2n) is 6.44. The molecule has 0 radical (unpaired) electrons. The van der Waals surface area contributed by atoms with E-state index in [0.717, 1.165) is 51.6 Å². The minimum atomic E-state index is 0.227. The number of aliphatic hydroxyl groups excluding tert-OH is 1. The van der Waals surface area contributed by atoms with Crippen molar-refractivity contribution < 1.29 is 9.90 Å². The van der Waals surface area contributed by atoms with Gasteiger partial charge in [-0.15, -0.1) is 0 Å². The Bertz CT molecular complexity index is 443. The molecule has 1 aliphatic rings. The van der Waals surface area contributed by atoms with Gasteiger partial charge in [0.15, 0.2) is 0 Å². The quantitative estimate of drug-likeness (QED) is 0.402. The van der Waals surface area contributed by atoms with Crippen LogP contribution in [0.4, 0.5) is 0 Å². The Morgan fingerprint density at radius 2 is 1.28 bits per heavy atom. The average Bonchev–Trinajstić information content (AvgIpc) is 2.65. The van der Waals surface area contributed by atoms with Crippen molar-refractivity contribution in [3.8, 4) is 0 Å². The summed E-state index contributed by atoms with van der Waals surface area (Å²) in [4.78, 5) is 14.0. The summed E-state index contributed by atoms with van der Waals surface area (Å²) in [5, 5.41) is 8.64. The molecule has 1 fully saturated rings. The van der Waals surface area contributed by atoms with Crippen molar-refractivity contribution in [3.05, 3.63) is 48.6 Å². The number of likely N-dealkylation sites (tertiary alicyclic amines) is 1. The lowest BCUT2D eigenvalue weighted by atomic mass is 10.1. The number of aliphatic hydroxyl groups is 1. The highest BCUT2D eigenvalue weighted by atomic mass is 16.2. The van der Waals surface area contributed by atoms with Gasteiger partial charge in [0.25, 0.3) is 0 Å². The third-order valence-electron chi connectivity index (χ3n) is 4.25. The third kappa shape index (κ3) is 12.4. The predicted octanol–water partition coefficient (Wildman–Crippen LogP) is 4.95. The van der Waals surface area contributed by atoms with E-state index in [0.29, 0.717) is 12.3 Å². The summed E-state index contributed by atoms with van der Waals surface area (Å²) in [6.45, 7) is 2.16. The van der Waals surface area contributed by atoms with E-state index in [9.17, 15) is 4.79 Å². The Hall–Kier alpha value is -1.61. The maximum Gasteiger partial charge on any atom is 0.222 e. The topological polar surface area (TPSA) is 40.5 Å². The van der Waals surface area contributed by atoms with Gasteiger partial charge >= 0.3 is 0 Å². The standard InChI is InChI=1S/C22H35NO2/c24-21-17-12-10-8-6-4-2-1-3-5-7-9-11-14-18-22(25)23-19-15-13-16-20-23/h1,3-4,6-7,9-10,12,24H,2,5,8,11,13-21H2/b3-1-,6-4-,9-7-,12-10-. The van der Waals surface area contributed by atoms with Gasteiger partial charge in [-0.05, 0) is 57.8 Å². The van der Waals surface area contributed by atoms with E-state index in [1.54, 1.807) is 0 Å². The molecule has 25 heavy (non-hydrogen) atoms. The SMILES string of the molecule is O=C(CCC/C=C\C/C=C\C/C=C\C/C=C\CCO)N1CCCCC1. The third-order valence-corrected chi connectivity index (χ3v) is 4.25. The smallest absolute Gasteiger partial charge is 0.222 e. The van der Waals surface area contributed by atoms with Crippen LogP contribution in [0.15, 0.2) is 48.6 Å². The molecule has 0 unspecified atom stereocenters. The Morgan fingerprint density at radius 1 is 0.760 bits per heavy atom. The molecule has 1 heterocycles. The van der Waals surface area contributed by atoms with Crippen LogP contribution < -0.4 is 0 Å². The number of carbonyl (C=O) groups is 1. The van der Waals surface area contributed by atoms with Gasteiger partial charge in [0.2, 0.25) is 5.91 Å². The highest BCUT2D eigenvalue weighted by Crippen LogP contribution is 2.11. The van der Waals surface area contributed by atoms with Crippen LogP contribution in [-0.4, -0.2) is 35.6 Å². The summed E-state index contributed by atoms with van der Waals surface area (Å²) < 4.78 is 0. The second-order valence-corrected chi connectivity index (χ2v) is 6.44. The molecule has 0 atom stereocenters. The van der Waals surface area contributed by atoms with E-state index in [2.05, 4.69) is 42.5 Å². The number of unbranched alkanes of at least 4 members (excludes halogenated alkanes) is 1. The summed E-state index contributed by atoms with van der Waals surface area (Å²) in [5.41, 5.74) is 0. The van der Waals surface area contributed by atoms with Crippen molar-refractivity contribution in [2.45, 2.75) is 64.2 Å². The molecule has 0 bridgehead atoms. The predicted molar refractivity (Wildman–Crippen MR) is 106 cm³/mol. The van der Waals surface area contributed by atoms with Crippen LogP contribution in [0.5, 0.6) is 0 Å². The molecule has 0 aliphatic carbocycles. The van der Waals surface area contributed by atoms with Crippen LogP contribution in [0.3, 0.4) is 0 Å². The van der Waals surface area contributed by atoms with E-state index in [1.165, 1.54) is 19.3 Å². The molecule has 0 spiro atoms. The number of allylic oxidation sites excluding steroid dienone is 7. The Labute approximate surface area is 153 Å². The number of hydrogen-bond acceptors (Lipinski definition) is 2. The maximum absolute atomic E-state index is 12.0. The molecule has 140 valence electrons. The molecule has 3 nitrogen and oxygen atoms in total.